The molecule has 1 atom stereocenters. The molecule has 2 aromatic rings. The summed E-state index contributed by atoms with van der Waals surface area (Å²) < 4.78 is 0.975. The van der Waals surface area contributed by atoms with E-state index in [-0.39, 0.29) is 17.6 Å². The van der Waals surface area contributed by atoms with Gasteiger partial charge in [-0.3, -0.25) is 4.79 Å². The highest BCUT2D eigenvalue weighted by Crippen LogP contribution is 2.18. The van der Waals surface area contributed by atoms with Crippen molar-refractivity contribution in [1.29, 1.82) is 0 Å². The molecule has 4 nitrogen and oxygen atoms in total. The molecule has 0 fully saturated rings. The molecule has 0 saturated heterocycles. The van der Waals surface area contributed by atoms with E-state index >= 15 is 0 Å². The zero-order chi connectivity index (χ0) is 13.8. The lowest BCUT2D eigenvalue weighted by Gasteiger charge is -2.15. The molecule has 3 N–H and O–H groups in total. The molecule has 1 aromatic heterocycles. The third kappa shape index (κ3) is 3.32. The van der Waals surface area contributed by atoms with Crippen molar-refractivity contribution >= 4 is 27.5 Å². The van der Waals surface area contributed by atoms with E-state index in [1.807, 2.05) is 31.2 Å². The minimum Gasteiger partial charge on any atom is -0.397 e. The summed E-state index contributed by atoms with van der Waals surface area (Å²) >= 11 is 3.41. The molecule has 0 bridgehead atoms. The third-order valence-electron chi connectivity index (χ3n) is 2.75. The Balaban J connectivity index is 2.13. The van der Waals surface area contributed by atoms with Crippen LogP contribution in [0.3, 0.4) is 0 Å². The standard InChI is InChI=1S/C14H14BrN3O/c1-9(10-4-2-5-11(15)8-10)18-14(19)13-12(16)6-3-7-17-13/h2-9H,16H2,1H3,(H,18,19)/t9-/m1/s1. The zero-order valence-electron chi connectivity index (χ0n) is 10.4. The molecule has 0 aliphatic carbocycles. The van der Waals surface area contributed by atoms with Crippen LogP contribution in [0.5, 0.6) is 0 Å². The third-order valence-corrected chi connectivity index (χ3v) is 3.24. The Bertz CT molecular complexity index is 601. The van der Waals surface area contributed by atoms with E-state index in [0.29, 0.717) is 5.69 Å². The molecule has 1 amide bonds. The molecular weight excluding hydrogens is 306 g/mol. The highest BCUT2D eigenvalue weighted by atomic mass is 79.9. The Kier molecular flexibility index (Phi) is 4.16. The maximum absolute atomic E-state index is 12.1. The summed E-state index contributed by atoms with van der Waals surface area (Å²) in [5.41, 5.74) is 7.37. The van der Waals surface area contributed by atoms with Crippen molar-refractivity contribution < 1.29 is 4.79 Å². The van der Waals surface area contributed by atoms with Gasteiger partial charge in [-0.1, -0.05) is 28.1 Å². The quantitative estimate of drug-likeness (QED) is 0.914. The predicted octanol–water partition coefficient (Wildman–Crippen LogP) is 2.92. The van der Waals surface area contributed by atoms with E-state index in [2.05, 4.69) is 26.2 Å². The predicted molar refractivity (Wildman–Crippen MR) is 78.7 cm³/mol. The molecule has 98 valence electrons. The van der Waals surface area contributed by atoms with Crippen LogP contribution < -0.4 is 11.1 Å². The first kappa shape index (κ1) is 13.5. The minimum atomic E-state index is -0.273. The lowest BCUT2D eigenvalue weighted by atomic mass is 10.1. The number of aromatic nitrogens is 1. The van der Waals surface area contributed by atoms with E-state index in [1.54, 1.807) is 18.3 Å². The van der Waals surface area contributed by atoms with Gasteiger partial charge in [0, 0.05) is 10.7 Å². The number of pyridine rings is 1. The number of carbonyl (C=O) groups excluding carboxylic acids is 1. The number of nitrogens with zero attached hydrogens (tertiary/aromatic N) is 1. The summed E-state index contributed by atoms with van der Waals surface area (Å²) in [7, 11) is 0. The number of hydrogen-bond donors (Lipinski definition) is 2. The smallest absolute Gasteiger partial charge is 0.272 e. The van der Waals surface area contributed by atoms with E-state index in [4.69, 9.17) is 5.73 Å². The van der Waals surface area contributed by atoms with Crippen LogP contribution in [-0.2, 0) is 0 Å². The van der Waals surface area contributed by atoms with Gasteiger partial charge in [-0.2, -0.15) is 0 Å². The number of nitrogens with two attached hydrogens (primary N) is 1. The summed E-state index contributed by atoms with van der Waals surface area (Å²) in [5.74, 6) is -0.273. The van der Waals surface area contributed by atoms with E-state index in [1.165, 1.54) is 0 Å². The van der Waals surface area contributed by atoms with Crippen molar-refractivity contribution in [3.05, 3.63) is 58.3 Å². The van der Waals surface area contributed by atoms with Crippen LogP contribution in [0, 0.1) is 0 Å². The summed E-state index contributed by atoms with van der Waals surface area (Å²) in [6, 6.07) is 11.0. The van der Waals surface area contributed by atoms with Crippen LogP contribution in [0.4, 0.5) is 5.69 Å². The van der Waals surface area contributed by atoms with Crippen LogP contribution in [0.15, 0.2) is 47.1 Å². The number of carbonyl (C=O) groups is 1. The van der Waals surface area contributed by atoms with Crippen molar-refractivity contribution in [2.75, 3.05) is 5.73 Å². The number of hydrogen-bond acceptors (Lipinski definition) is 3. The first-order valence-corrected chi connectivity index (χ1v) is 6.64. The number of halogens is 1. The van der Waals surface area contributed by atoms with Gasteiger partial charge in [0.15, 0.2) is 5.69 Å². The molecule has 19 heavy (non-hydrogen) atoms. The molecule has 0 radical (unpaired) electrons. The average Bonchev–Trinajstić information content (AvgIpc) is 2.39. The topological polar surface area (TPSA) is 68.0 Å². The molecule has 0 unspecified atom stereocenters. The van der Waals surface area contributed by atoms with Crippen molar-refractivity contribution in [1.82, 2.24) is 10.3 Å². The van der Waals surface area contributed by atoms with Gasteiger partial charge in [-0.25, -0.2) is 4.98 Å². The number of nitrogen functional groups attached to an aromatic ring is 1. The largest absolute Gasteiger partial charge is 0.397 e. The molecule has 0 aliphatic heterocycles. The van der Waals surface area contributed by atoms with Crippen LogP contribution in [0.2, 0.25) is 0 Å². The van der Waals surface area contributed by atoms with Gasteiger partial charge in [0.1, 0.15) is 0 Å². The summed E-state index contributed by atoms with van der Waals surface area (Å²) in [6.45, 7) is 1.92. The van der Waals surface area contributed by atoms with Crippen molar-refractivity contribution in [3.8, 4) is 0 Å². The SMILES string of the molecule is C[C@@H](NC(=O)c1ncccc1N)c1cccc(Br)c1. The van der Waals surface area contributed by atoms with Crippen LogP contribution in [0.1, 0.15) is 29.0 Å². The number of rotatable bonds is 3. The molecule has 0 aliphatic rings. The lowest BCUT2D eigenvalue weighted by molar-refractivity contribution is 0.0936. The fraction of sp³-hybridized carbons (Fsp3) is 0.143. The normalized spacial score (nSPS) is 11.9. The van der Waals surface area contributed by atoms with Gasteiger partial charge >= 0.3 is 0 Å². The number of anilines is 1. The van der Waals surface area contributed by atoms with Gasteiger partial charge in [-0.05, 0) is 36.8 Å². The van der Waals surface area contributed by atoms with Gasteiger partial charge < -0.3 is 11.1 Å². The molecule has 5 heteroatoms. The Morgan fingerprint density at radius 3 is 2.84 bits per heavy atom. The van der Waals surface area contributed by atoms with E-state index < -0.39 is 0 Å². The van der Waals surface area contributed by atoms with E-state index in [0.717, 1.165) is 10.0 Å². The van der Waals surface area contributed by atoms with Crippen LogP contribution >= 0.6 is 15.9 Å². The molecule has 0 saturated carbocycles. The minimum absolute atomic E-state index is 0.119. The van der Waals surface area contributed by atoms with Crippen molar-refractivity contribution in [3.63, 3.8) is 0 Å². The molecule has 1 heterocycles. The Morgan fingerprint density at radius 2 is 2.16 bits per heavy atom. The molecule has 0 spiro atoms. The molecule has 2 rings (SSSR count). The first-order chi connectivity index (χ1) is 9.08. The van der Waals surface area contributed by atoms with Gasteiger partial charge in [0.05, 0.1) is 11.7 Å². The van der Waals surface area contributed by atoms with Crippen molar-refractivity contribution in [2.45, 2.75) is 13.0 Å². The Morgan fingerprint density at radius 1 is 1.37 bits per heavy atom. The first-order valence-electron chi connectivity index (χ1n) is 5.84. The summed E-state index contributed by atoms with van der Waals surface area (Å²) in [5, 5.41) is 2.88. The van der Waals surface area contributed by atoms with Crippen molar-refractivity contribution in [2.24, 2.45) is 0 Å². The summed E-state index contributed by atoms with van der Waals surface area (Å²) in [4.78, 5) is 16.1. The van der Waals surface area contributed by atoms with Gasteiger partial charge in [-0.15, -0.1) is 0 Å². The number of benzene rings is 1. The van der Waals surface area contributed by atoms with Gasteiger partial charge in [0.2, 0.25) is 0 Å². The second kappa shape index (κ2) is 5.84. The second-order valence-corrected chi connectivity index (χ2v) is 5.11. The van der Waals surface area contributed by atoms with Crippen LogP contribution in [-0.4, -0.2) is 10.9 Å². The lowest BCUT2D eigenvalue weighted by Crippen LogP contribution is -2.28. The Hall–Kier alpha value is -1.88. The maximum atomic E-state index is 12.1. The van der Waals surface area contributed by atoms with Crippen LogP contribution in [0.25, 0.3) is 0 Å². The average molecular weight is 320 g/mol. The summed E-state index contributed by atoms with van der Waals surface area (Å²) in [6.07, 6.45) is 1.55. The zero-order valence-corrected chi connectivity index (χ0v) is 12.0. The monoisotopic (exact) mass is 319 g/mol. The molecule has 1 aromatic carbocycles. The fourth-order valence-corrected chi connectivity index (χ4v) is 2.15. The fourth-order valence-electron chi connectivity index (χ4n) is 1.73. The highest BCUT2D eigenvalue weighted by Gasteiger charge is 2.14. The Labute approximate surface area is 120 Å². The second-order valence-electron chi connectivity index (χ2n) is 4.19. The van der Waals surface area contributed by atoms with E-state index in [9.17, 15) is 4.79 Å². The number of nitrogens with one attached hydrogen (secondary N) is 1. The molecular formula is C14H14BrN3O. The maximum Gasteiger partial charge on any atom is 0.272 e. The number of amides is 1. The highest BCUT2D eigenvalue weighted by molar-refractivity contribution is 9.10. The van der Waals surface area contributed by atoms with Gasteiger partial charge in [0.25, 0.3) is 5.91 Å².